The van der Waals surface area contributed by atoms with Crippen LogP contribution >= 0.6 is 11.8 Å². The summed E-state index contributed by atoms with van der Waals surface area (Å²) >= 11 is 0.869. The minimum Gasteiger partial charge on any atom is -0.369 e. The molecule has 0 aromatic rings. The number of carbonyl (C=O) groups excluding carboxylic acids is 2. The molecule has 0 bridgehead atoms. The number of rotatable bonds is 3. The monoisotopic (exact) mass is 162 g/mol. The van der Waals surface area contributed by atoms with Crippen LogP contribution in [0.1, 0.15) is 6.92 Å². The standard InChI is InChI=1S/C5H10N2O2S/c1-3(5(7)9)10-4(8)2-6/h3H,2,6H2,1H3,(H2,7,9). The lowest BCUT2D eigenvalue weighted by atomic mass is 10.5. The Balaban J connectivity index is 3.68. The predicted octanol–water partition coefficient (Wildman–Crippen LogP) is -0.921. The topological polar surface area (TPSA) is 86.2 Å². The number of carbonyl (C=O) groups is 2. The molecule has 1 amide bonds. The fourth-order valence-corrected chi connectivity index (χ4v) is 0.910. The van der Waals surface area contributed by atoms with Gasteiger partial charge in [0.15, 0.2) is 0 Å². The number of nitrogens with two attached hydrogens (primary N) is 2. The molecule has 4 nitrogen and oxygen atoms in total. The fourth-order valence-electron chi connectivity index (χ4n) is 0.303. The van der Waals surface area contributed by atoms with Crippen LogP contribution in [-0.2, 0) is 9.59 Å². The van der Waals surface area contributed by atoms with Crippen LogP contribution in [0, 0.1) is 0 Å². The van der Waals surface area contributed by atoms with Gasteiger partial charge in [0.1, 0.15) is 0 Å². The van der Waals surface area contributed by atoms with Gasteiger partial charge in [0, 0.05) is 0 Å². The molecule has 10 heavy (non-hydrogen) atoms. The van der Waals surface area contributed by atoms with E-state index in [2.05, 4.69) is 0 Å². The molecule has 0 aliphatic heterocycles. The van der Waals surface area contributed by atoms with Crippen molar-refractivity contribution in [2.75, 3.05) is 6.54 Å². The number of amides is 1. The summed E-state index contributed by atoms with van der Waals surface area (Å²) < 4.78 is 0. The van der Waals surface area contributed by atoms with Gasteiger partial charge >= 0.3 is 0 Å². The molecule has 0 radical (unpaired) electrons. The van der Waals surface area contributed by atoms with Crippen molar-refractivity contribution in [3.05, 3.63) is 0 Å². The van der Waals surface area contributed by atoms with Crippen molar-refractivity contribution < 1.29 is 9.59 Å². The average molecular weight is 162 g/mol. The van der Waals surface area contributed by atoms with Crippen LogP contribution in [0.25, 0.3) is 0 Å². The number of hydrogen-bond acceptors (Lipinski definition) is 4. The van der Waals surface area contributed by atoms with E-state index in [9.17, 15) is 9.59 Å². The Morgan fingerprint density at radius 1 is 1.60 bits per heavy atom. The zero-order valence-corrected chi connectivity index (χ0v) is 6.48. The Morgan fingerprint density at radius 2 is 2.10 bits per heavy atom. The van der Waals surface area contributed by atoms with Gasteiger partial charge in [-0.25, -0.2) is 0 Å². The molecule has 1 atom stereocenters. The van der Waals surface area contributed by atoms with Crippen LogP contribution in [0.15, 0.2) is 0 Å². The summed E-state index contributed by atoms with van der Waals surface area (Å²) in [6.07, 6.45) is 0. The summed E-state index contributed by atoms with van der Waals surface area (Å²) in [7, 11) is 0. The molecule has 0 fully saturated rings. The van der Waals surface area contributed by atoms with Crippen molar-refractivity contribution in [1.82, 2.24) is 0 Å². The van der Waals surface area contributed by atoms with E-state index in [1.54, 1.807) is 6.92 Å². The highest BCUT2D eigenvalue weighted by molar-refractivity contribution is 8.14. The van der Waals surface area contributed by atoms with Gasteiger partial charge < -0.3 is 11.5 Å². The number of primary amides is 1. The lowest BCUT2D eigenvalue weighted by Crippen LogP contribution is -2.25. The fraction of sp³-hybridized carbons (Fsp3) is 0.600. The van der Waals surface area contributed by atoms with E-state index in [0.29, 0.717) is 0 Å². The van der Waals surface area contributed by atoms with E-state index in [0.717, 1.165) is 11.8 Å². The number of thioether (sulfide) groups is 1. The van der Waals surface area contributed by atoms with Gasteiger partial charge in [-0.05, 0) is 6.92 Å². The van der Waals surface area contributed by atoms with Crippen molar-refractivity contribution >= 4 is 22.8 Å². The van der Waals surface area contributed by atoms with Gasteiger partial charge in [-0.15, -0.1) is 0 Å². The lowest BCUT2D eigenvalue weighted by Gasteiger charge is -2.02. The SMILES string of the molecule is CC(SC(=O)CN)C(N)=O. The third-order valence-electron chi connectivity index (χ3n) is 0.876. The maximum absolute atomic E-state index is 10.6. The molecule has 0 saturated heterocycles. The molecule has 58 valence electrons. The molecule has 0 aliphatic carbocycles. The molecule has 4 N–H and O–H groups in total. The Labute approximate surface area is 63.3 Å². The summed E-state index contributed by atoms with van der Waals surface area (Å²) in [4.78, 5) is 20.9. The van der Waals surface area contributed by atoms with Crippen LogP contribution in [0.2, 0.25) is 0 Å². The summed E-state index contributed by atoms with van der Waals surface area (Å²) in [5, 5.41) is -0.692. The van der Waals surface area contributed by atoms with Gasteiger partial charge in [0.25, 0.3) is 0 Å². The molecule has 0 spiro atoms. The maximum Gasteiger partial charge on any atom is 0.230 e. The summed E-state index contributed by atoms with van der Waals surface area (Å²) in [5.74, 6) is -0.494. The molecule has 0 aromatic carbocycles. The van der Waals surface area contributed by atoms with Crippen LogP contribution in [0.3, 0.4) is 0 Å². The van der Waals surface area contributed by atoms with E-state index < -0.39 is 11.2 Å². The molecular weight excluding hydrogens is 152 g/mol. The molecule has 0 heterocycles. The van der Waals surface area contributed by atoms with Crippen LogP contribution in [-0.4, -0.2) is 22.8 Å². The van der Waals surface area contributed by atoms with Gasteiger partial charge in [0.2, 0.25) is 11.0 Å². The van der Waals surface area contributed by atoms with Gasteiger partial charge in [-0.3, -0.25) is 9.59 Å². The highest BCUT2D eigenvalue weighted by Gasteiger charge is 2.12. The quantitative estimate of drug-likeness (QED) is 0.562. The van der Waals surface area contributed by atoms with E-state index in [-0.39, 0.29) is 11.7 Å². The minimum absolute atomic E-state index is 0.0533. The first-order chi connectivity index (χ1) is 4.57. The normalized spacial score (nSPS) is 12.6. The van der Waals surface area contributed by atoms with Crippen LogP contribution in [0.4, 0.5) is 0 Å². The average Bonchev–Trinajstić information content (AvgIpc) is 1.87. The Hall–Kier alpha value is -0.550. The summed E-state index contributed by atoms with van der Waals surface area (Å²) in [5.41, 5.74) is 9.88. The molecule has 0 rings (SSSR count). The van der Waals surface area contributed by atoms with Gasteiger partial charge in [-0.2, -0.15) is 0 Å². The highest BCUT2D eigenvalue weighted by Crippen LogP contribution is 2.09. The predicted molar refractivity (Wildman–Crippen MR) is 40.3 cm³/mol. The first-order valence-electron chi connectivity index (χ1n) is 2.76. The van der Waals surface area contributed by atoms with Crippen molar-refractivity contribution in [2.24, 2.45) is 11.5 Å². The van der Waals surface area contributed by atoms with E-state index in [4.69, 9.17) is 11.5 Å². The Kier molecular flexibility index (Phi) is 4.06. The first-order valence-corrected chi connectivity index (χ1v) is 3.64. The van der Waals surface area contributed by atoms with Gasteiger partial charge in [0.05, 0.1) is 11.8 Å². The van der Waals surface area contributed by atoms with Crippen molar-refractivity contribution in [2.45, 2.75) is 12.2 Å². The number of hydrogen-bond donors (Lipinski definition) is 2. The molecule has 1 unspecified atom stereocenters. The second-order valence-corrected chi connectivity index (χ2v) is 3.14. The van der Waals surface area contributed by atoms with Crippen molar-refractivity contribution in [3.63, 3.8) is 0 Å². The Morgan fingerprint density at radius 3 is 2.40 bits per heavy atom. The minimum atomic E-state index is -0.494. The van der Waals surface area contributed by atoms with Gasteiger partial charge in [-0.1, -0.05) is 11.8 Å². The summed E-state index contributed by atoms with van der Waals surface area (Å²) in [6, 6.07) is 0. The second kappa shape index (κ2) is 4.29. The zero-order chi connectivity index (χ0) is 8.15. The van der Waals surface area contributed by atoms with E-state index in [1.165, 1.54) is 0 Å². The third-order valence-corrected chi connectivity index (χ3v) is 1.89. The molecule has 0 aromatic heterocycles. The second-order valence-electron chi connectivity index (χ2n) is 1.74. The lowest BCUT2D eigenvalue weighted by molar-refractivity contribution is -0.117. The van der Waals surface area contributed by atoms with Crippen molar-refractivity contribution in [3.8, 4) is 0 Å². The zero-order valence-electron chi connectivity index (χ0n) is 5.66. The first kappa shape index (κ1) is 9.45. The van der Waals surface area contributed by atoms with E-state index in [1.807, 2.05) is 0 Å². The van der Waals surface area contributed by atoms with E-state index >= 15 is 0 Å². The molecule has 0 saturated carbocycles. The van der Waals surface area contributed by atoms with Crippen LogP contribution < -0.4 is 11.5 Å². The third kappa shape index (κ3) is 3.47. The molecule has 5 heteroatoms. The highest BCUT2D eigenvalue weighted by atomic mass is 32.2. The smallest absolute Gasteiger partial charge is 0.230 e. The molecule has 0 aliphatic rings. The van der Waals surface area contributed by atoms with Crippen LogP contribution in [0.5, 0.6) is 0 Å². The Bertz CT molecular complexity index is 149. The largest absolute Gasteiger partial charge is 0.369 e. The van der Waals surface area contributed by atoms with Crippen molar-refractivity contribution in [1.29, 1.82) is 0 Å². The maximum atomic E-state index is 10.6. The molecular formula is C5H10N2O2S. The summed E-state index contributed by atoms with van der Waals surface area (Å²) in [6.45, 7) is 1.52.